The first kappa shape index (κ1) is 30.8. The molecule has 3 aliphatic heterocycles. The molecule has 3 aliphatic carbocycles. The lowest BCUT2D eigenvalue weighted by atomic mass is 9.80. The fourth-order valence-corrected chi connectivity index (χ4v) is 11.5. The predicted molar refractivity (Wildman–Crippen MR) is 183 cm³/mol. The van der Waals surface area contributed by atoms with E-state index in [2.05, 4.69) is 33.1 Å². The van der Waals surface area contributed by atoms with Crippen LogP contribution in [0.5, 0.6) is 0 Å². The van der Waals surface area contributed by atoms with Crippen LogP contribution in [0.3, 0.4) is 0 Å². The number of rotatable bonds is 5. The van der Waals surface area contributed by atoms with Crippen LogP contribution in [0.4, 0.5) is 4.39 Å². The molecular formula is C38H45FN4O4S. The molecule has 1 aromatic heterocycles. The number of benzene rings is 2. The third-order valence-corrected chi connectivity index (χ3v) is 15.5. The van der Waals surface area contributed by atoms with E-state index in [1.165, 1.54) is 18.1 Å². The van der Waals surface area contributed by atoms with E-state index in [1.807, 2.05) is 18.2 Å². The number of hydrogen-bond acceptors (Lipinski definition) is 5. The first-order valence-electron chi connectivity index (χ1n) is 18.0. The Morgan fingerprint density at radius 3 is 2.31 bits per heavy atom. The minimum Gasteiger partial charge on any atom is -0.340 e. The molecule has 0 radical (unpaired) electrons. The first-order valence-corrected chi connectivity index (χ1v) is 19.4. The summed E-state index contributed by atoms with van der Waals surface area (Å²) in [6, 6.07) is 11.1. The largest absolute Gasteiger partial charge is 0.340 e. The molecule has 5 atom stereocenters. The van der Waals surface area contributed by atoms with Gasteiger partial charge in [-0.25, -0.2) is 17.5 Å². The van der Waals surface area contributed by atoms with Crippen molar-refractivity contribution in [1.29, 1.82) is 0 Å². The normalized spacial score (nSPS) is 30.7. The van der Waals surface area contributed by atoms with Gasteiger partial charge < -0.3 is 14.4 Å². The minimum absolute atomic E-state index is 0.0339. The summed E-state index contributed by atoms with van der Waals surface area (Å²) < 4.78 is 45.0. The fourth-order valence-electron chi connectivity index (χ4n) is 10.2. The molecule has 48 heavy (non-hydrogen) atoms. The zero-order chi connectivity index (χ0) is 33.3. The van der Waals surface area contributed by atoms with Gasteiger partial charge in [-0.05, 0) is 106 Å². The molecule has 5 fully saturated rings. The number of likely N-dealkylation sites (tertiary alicyclic amines) is 1. The van der Waals surface area contributed by atoms with E-state index in [4.69, 9.17) is 0 Å². The van der Waals surface area contributed by atoms with Crippen molar-refractivity contribution in [3.63, 3.8) is 0 Å². The van der Waals surface area contributed by atoms with Crippen LogP contribution in [0.2, 0.25) is 0 Å². The average molecular weight is 673 g/mol. The number of amides is 2. The molecule has 1 N–H and O–H groups in total. The Hall–Kier alpha value is -3.24. The number of hydrogen-bond donors (Lipinski definition) is 1. The Morgan fingerprint density at radius 1 is 0.917 bits per heavy atom. The van der Waals surface area contributed by atoms with Crippen molar-refractivity contribution in [2.24, 2.45) is 11.8 Å². The molecule has 2 amide bonds. The van der Waals surface area contributed by atoms with Gasteiger partial charge in [-0.2, -0.15) is 0 Å². The van der Waals surface area contributed by atoms with Crippen LogP contribution in [-0.2, 0) is 26.8 Å². The Labute approximate surface area is 282 Å². The highest BCUT2D eigenvalue weighted by atomic mass is 32.2. The number of nitrogens with zero attached hydrogens (tertiary/aromatic N) is 3. The fraction of sp³-hybridized carbons (Fsp3) is 0.579. The van der Waals surface area contributed by atoms with E-state index in [0.717, 1.165) is 79.3 Å². The maximum atomic E-state index is 15.2. The van der Waals surface area contributed by atoms with E-state index >= 15 is 4.39 Å². The summed E-state index contributed by atoms with van der Waals surface area (Å²) in [6.07, 6.45) is 8.77. The molecule has 2 bridgehead atoms. The molecule has 6 aliphatic rings. The van der Waals surface area contributed by atoms with E-state index < -0.39 is 26.1 Å². The summed E-state index contributed by atoms with van der Waals surface area (Å²) >= 11 is 0. The van der Waals surface area contributed by atoms with Crippen molar-refractivity contribution < 1.29 is 22.4 Å². The van der Waals surface area contributed by atoms with E-state index in [9.17, 15) is 18.0 Å². The summed E-state index contributed by atoms with van der Waals surface area (Å²) in [5.74, 6) is -0.682. The van der Waals surface area contributed by atoms with Gasteiger partial charge in [0.25, 0.3) is 5.91 Å². The number of piperazine rings is 1. The van der Waals surface area contributed by atoms with Crippen LogP contribution >= 0.6 is 0 Å². The number of sulfonamides is 1. The molecule has 4 heterocycles. The zero-order valence-corrected chi connectivity index (χ0v) is 28.9. The predicted octanol–water partition coefficient (Wildman–Crippen LogP) is 5.93. The Morgan fingerprint density at radius 2 is 1.62 bits per heavy atom. The quantitative estimate of drug-likeness (QED) is 0.363. The summed E-state index contributed by atoms with van der Waals surface area (Å²) in [5, 5.41) is 1.06. The van der Waals surface area contributed by atoms with Crippen molar-refractivity contribution in [2.45, 2.75) is 106 Å². The Bertz CT molecular complexity index is 1980. The second-order valence-corrected chi connectivity index (χ2v) is 18.4. The molecule has 2 aromatic carbocycles. The van der Waals surface area contributed by atoms with Gasteiger partial charge in [0.2, 0.25) is 15.9 Å². The van der Waals surface area contributed by atoms with Crippen LogP contribution in [-0.4, -0.2) is 71.6 Å². The number of fused-ring (bicyclic) bond motifs is 9. The number of halogens is 1. The first-order chi connectivity index (χ1) is 22.9. The van der Waals surface area contributed by atoms with Crippen LogP contribution in [0.15, 0.2) is 36.4 Å². The topological polar surface area (TPSA) is 91.7 Å². The van der Waals surface area contributed by atoms with Crippen molar-refractivity contribution >= 4 is 32.7 Å². The lowest BCUT2D eigenvalue weighted by Crippen LogP contribution is -2.55. The lowest BCUT2D eigenvalue weighted by molar-refractivity contribution is -0.138. The highest BCUT2D eigenvalue weighted by molar-refractivity contribution is 7.91. The standard InChI is InChI=1S/C38H45FN4O4S/c1-37(15-16-37)48(46,47)40-35(44)23-9-13-28-31(17-23)42-21-30-33(36(45)43-25-11-12-26(43)20-41(3)19-25)38(30,2)29-18-24(39)10-14-27(29)34(42)32(28)22-7-5-4-6-8-22/h9-10,13-14,17-18,22,25-26,30,33H,4-8,11-12,15-16,19-21H2,1-3H3,(H,40,44). The molecule has 10 heteroatoms. The number of likely N-dealkylation sites (N-methyl/N-ethyl adjacent to an activating group) is 1. The van der Waals surface area contributed by atoms with Crippen molar-refractivity contribution in [1.82, 2.24) is 19.1 Å². The molecule has 3 aromatic rings. The van der Waals surface area contributed by atoms with Gasteiger partial charge in [0.15, 0.2) is 0 Å². The summed E-state index contributed by atoms with van der Waals surface area (Å²) in [6.45, 7) is 6.18. The second-order valence-electron chi connectivity index (χ2n) is 16.2. The number of carbonyl (C=O) groups excluding carboxylic acids is 2. The minimum atomic E-state index is -3.80. The average Bonchev–Trinajstić information content (AvgIpc) is 3.89. The molecule has 5 unspecified atom stereocenters. The highest BCUT2D eigenvalue weighted by Crippen LogP contribution is 2.66. The van der Waals surface area contributed by atoms with Crippen LogP contribution in [0, 0.1) is 17.7 Å². The van der Waals surface area contributed by atoms with Gasteiger partial charge in [-0.3, -0.25) is 9.59 Å². The van der Waals surface area contributed by atoms with Gasteiger partial charge >= 0.3 is 0 Å². The summed E-state index contributed by atoms with van der Waals surface area (Å²) in [5.41, 5.74) is 4.86. The molecule has 2 saturated heterocycles. The third-order valence-electron chi connectivity index (χ3n) is 13.3. The Kier molecular flexibility index (Phi) is 6.66. The SMILES string of the molecule is CN1CC2CCC(C1)N2C(=O)C1C2Cn3c(c(C4CCCCC4)c4ccc(C(=O)NS(=O)(=O)C5(C)CC5)cc43)-c3ccc(F)cc3C21C. The number of nitrogens with one attached hydrogen (secondary N) is 1. The molecular weight excluding hydrogens is 628 g/mol. The van der Waals surface area contributed by atoms with Gasteiger partial charge in [-0.1, -0.05) is 32.3 Å². The number of carbonyl (C=O) groups is 2. The maximum absolute atomic E-state index is 15.2. The maximum Gasteiger partial charge on any atom is 0.264 e. The van der Waals surface area contributed by atoms with E-state index in [-0.39, 0.29) is 35.6 Å². The van der Waals surface area contributed by atoms with Crippen molar-refractivity contribution in [3.05, 3.63) is 58.9 Å². The number of aromatic nitrogens is 1. The van der Waals surface area contributed by atoms with Crippen molar-refractivity contribution in [2.75, 3.05) is 20.1 Å². The molecule has 3 saturated carbocycles. The van der Waals surface area contributed by atoms with E-state index in [0.29, 0.717) is 30.9 Å². The summed E-state index contributed by atoms with van der Waals surface area (Å²) in [4.78, 5) is 32.6. The zero-order valence-electron chi connectivity index (χ0n) is 28.1. The van der Waals surface area contributed by atoms with Crippen molar-refractivity contribution in [3.8, 4) is 11.3 Å². The smallest absolute Gasteiger partial charge is 0.264 e. The molecule has 8 nitrogen and oxygen atoms in total. The highest BCUT2D eigenvalue weighted by Gasteiger charge is 2.69. The molecule has 0 spiro atoms. The second kappa shape index (κ2) is 10.4. The van der Waals surface area contributed by atoms with Gasteiger partial charge in [0.1, 0.15) is 5.82 Å². The lowest BCUT2D eigenvalue weighted by Gasteiger charge is -2.40. The molecule has 254 valence electrons. The van der Waals surface area contributed by atoms with Crippen LogP contribution in [0.25, 0.3) is 22.2 Å². The van der Waals surface area contributed by atoms with Gasteiger partial charge in [-0.15, -0.1) is 0 Å². The van der Waals surface area contributed by atoms with E-state index in [1.54, 1.807) is 19.1 Å². The Balaban J connectivity index is 1.18. The van der Waals surface area contributed by atoms with Crippen LogP contribution < -0.4 is 4.72 Å². The molecule has 9 rings (SSSR count). The third kappa shape index (κ3) is 4.36. The monoisotopic (exact) mass is 672 g/mol. The van der Waals surface area contributed by atoms with Gasteiger partial charge in [0.05, 0.1) is 16.4 Å². The van der Waals surface area contributed by atoms with Crippen LogP contribution in [0.1, 0.15) is 99.0 Å². The van der Waals surface area contributed by atoms with Gasteiger partial charge in [0, 0.05) is 59.2 Å². The summed E-state index contributed by atoms with van der Waals surface area (Å²) in [7, 11) is -1.67.